The number of hydrogen-bond donors (Lipinski definition) is 2. The van der Waals surface area contributed by atoms with Gasteiger partial charge < -0.3 is 10.8 Å². The van der Waals surface area contributed by atoms with Gasteiger partial charge >= 0.3 is 0 Å². The first-order chi connectivity index (χ1) is 6.50. The van der Waals surface area contributed by atoms with E-state index >= 15 is 0 Å². The molecule has 0 radical (unpaired) electrons. The third-order valence-electron chi connectivity index (χ3n) is 2.76. The smallest absolute Gasteiger partial charge is 0.132 e. The molecule has 14 heavy (non-hydrogen) atoms. The normalized spacial score (nSPS) is 18.2. The third kappa shape index (κ3) is 1.93. The lowest BCUT2D eigenvalue weighted by atomic mass is 10.0. The van der Waals surface area contributed by atoms with Gasteiger partial charge in [-0.3, -0.25) is 0 Å². The second-order valence-electron chi connectivity index (χ2n) is 4.28. The summed E-state index contributed by atoms with van der Waals surface area (Å²) in [4.78, 5) is 0. The topological polar surface area (TPSA) is 46.2 Å². The molecule has 2 rings (SSSR count). The summed E-state index contributed by atoms with van der Waals surface area (Å²) in [5.41, 5.74) is 8.17. The van der Waals surface area contributed by atoms with Crippen LogP contribution in [0.25, 0.3) is 0 Å². The lowest BCUT2D eigenvalue weighted by molar-refractivity contribution is 0.467. The van der Waals surface area contributed by atoms with Gasteiger partial charge in [0.2, 0.25) is 0 Å². The molecule has 0 unspecified atom stereocenters. The van der Waals surface area contributed by atoms with Gasteiger partial charge in [-0.2, -0.15) is 0 Å². The summed E-state index contributed by atoms with van der Waals surface area (Å²) in [5, 5.41) is 9.57. The predicted molar refractivity (Wildman–Crippen MR) is 60.4 cm³/mol. The van der Waals surface area contributed by atoms with Gasteiger partial charge in [0.05, 0.1) is 4.47 Å². The second kappa shape index (κ2) is 3.24. The summed E-state index contributed by atoms with van der Waals surface area (Å²) < 4.78 is 0.761. The zero-order valence-electron chi connectivity index (χ0n) is 8.18. The van der Waals surface area contributed by atoms with Gasteiger partial charge in [-0.15, -0.1) is 0 Å². The molecular weight excluding hydrogens is 242 g/mol. The molecule has 1 aromatic carbocycles. The number of rotatable bonds is 2. The standard InChI is InChI=1S/C11H14BrNO/c1-7-4-8(5-9(12)10(7)14)6-11(13)2-3-11/h4-5,14H,2-3,6,13H2,1H3. The number of phenols is 1. The van der Waals surface area contributed by atoms with Crippen molar-refractivity contribution in [1.82, 2.24) is 0 Å². The van der Waals surface area contributed by atoms with Crippen LogP contribution in [0.3, 0.4) is 0 Å². The Balaban J connectivity index is 2.26. The van der Waals surface area contributed by atoms with Gasteiger partial charge in [0.15, 0.2) is 0 Å². The van der Waals surface area contributed by atoms with Crippen LogP contribution in [0.5, 0.6) is 5.75 Å². The fraction of sp³-hybridized carbons (Fsp3) is 0.455. The maximum atomic E-state index is 9.57. The average Bonchev–Trinajstić information content (AvgIpc) is 2.79. The quantitative estimate of drug-likeness (QED) is 0.853. The number of benzene rings is 1. The highest BCUT2D eigenvalue weighted by molar-refractivity contribution is 9.10. The van der Waals surface area contributed by atoms with E-state index in [2.05, 4.69) is 15.9 Å². The Morgan fingerprint density at radius 2 is 2.14 bits per heavy atom. The van der Waals surface area contributed by atoms with E-state index in [1.165, 1.54) is 5.56 Å². The van der Waals surface area contributed by atoms with Crippen LogP contribution in [0.4, 0.5) is 0 Å². The average molecular weight is 256 g/mol. The number of aromatic hydroxyl groups is 1. The number of nitrogens with two attached hydrogens (primary N) is 1. The first kappa shape index (κ1) is 9.99. The molecular formula is C11H14BrNO. The molecule has 1 aromatic rings. The zero-order valence-corrected chi connectivity index (χ0v) is 9.76. The Morgan fingerprint density at radius 3 is 2.64 bits per heavy atom. The summed E-state index contributed by atoms with van der Waals surface area (Å²) >= 11 is 3.33. The summed E-state index contributed by atoms with van der Waals surface area (Å²) in [5.74, 6) is 0.329. The van der Waals surface area contributed by atoms with Gasteiger partial charge in [-0.05, 0) is 59.3 Å². The third-order valence-corrected chi connectivity index (χ3v) is 3.37. The molecule has 1 aliphatic carbocycles. The van der Waals surface area contributed by atoms with E-state index in [1.807, 2.05) is 19.1 Å². The highest BCUT2D eigenvalue weighted by atomic mass is 79.9. The minimum Gasteiger partial charge on any atom is -0.506 e. The van der Waals surface area contributed by atoms with Crippen LogP contribution in [0.1, 0.15) is 24.0 Å². The molecule has 0 aromatic heterocycles. The van der Waals surface area contributed by atoms with Crippen LogP contribution in [0, 0.1) is 6.92 Å². The molecule has 0 aliphatic heterocycles. The van der Waals surface area contributed by atoms with E-state index in [-0.39, 0.29) is 5.54 Å². The fourth-order valence-corrected chi connectivity index (χ4v) is 2.26. The lowest BCUT2D eigenvalue weighted by Crippen LogP contribution is -2.24. The molecule has 0 atom stereocenters. The van der Waals surface area contributed by atoms with Crippen LogP contribution >= 0.6 is 15.9 Å². The molecule has 3 N–H and O–H groups in total. The van der Waals surface area contributed by atoms with Crippen molar-refractivity contribution in [1.29, 1.82) is 0 Å². The molecule has 1 aliphatic rings. The molecule has 2 nitrogen and oxygen atoms in total. The highest BCUT2D eigenvalue weighted by Gasteiger charge is 2.38. The summed E-state index contributed by atoms with van der Waals surface area (Å²) in [6.45, 7) is 1.90. The van der Waals surface area contributed by atoms with Crippen molar-refractivity contribution in [3.63, 3.8) is 0 Å². The van der Waals surface area contributed by atoms with Gasteiger partial charge in [0, 0.05) is 5.54 Å². The first-order valence-corrected chi connectivity index (χ1v) is 5.56. The van der Waals surface area contributed by atoms with Gasteiger partial charge in [0.1, 0.15) is 5.75 Å². The molecule has 0 saturated heterocycles. The molecule has 1 saturated carbocycles. The van der Waals surface area contributed by atoms with E-state index < -0.39 is 0 Å². The predicted octanol–water partition coefficient (Wildman–Crippen LogP) is 2.50. The SMILES string of the molecule is Cc1cc(CC2(N)CC2)cc(Br)c1O. The monoisotopic (exact) mass is 255 g/mol. The lowest BCUT2D eigenvalue weighted by Gasteiger charge is -2.11. The summed E-state index contributed by atoms with van der Waals surface area (Å²) in [7, 11) is 0. The Labute approximate surface area is 92.3 Å². The van der Waals surface area contributed by atoms with Crippen molar-refractivity contribution in [3.8, 4) is 5.75 Å². The van der Waals surface area contributed by atoms with E-state index in [4.69, 9.17) is 5.73 Å². The number of phenolic OH excluding ortho intramolecular Hbond substituents is 1. The van der Waals surface area contributed by atoms with Crippen LogP contribution in [0.2, 0.25) is 0 Å². The van der Waals surface area contributed by atoms with Crippen LogP contribution < -0.4 is 5.73 Å². The maximum Gasteiger partial charge on any atom is 0.132 e. The van der Waals surface area contributed by atoms with Crippen molar-refractivity contribution < 1.29 is 5.11 Å². The van der Waals surface area contributed by atoms with Gasteiger partial charge in [-0.1, -0.05) is 6.07 Å². The molecule has 76 valence electrons. The maximum absolute atomic E-state index is 9.57. The first-order valence-electron chi connectivity index (χ1n) is 4.77. The van der Waals surface area contributed by atoms with E-state index in [0.29, 0.717) is 5.75 Å². The van der Waals surface area contributed by atoms with Crippen molar-refractivity contribution in [2.45, 2.75) is 31.7 Å². The Hall–Kier alpha value is -0.540. The molecule has 0 spiro atoms. The van der Waals surface area contributed by atoms with Gasteiger partial charge in [-0.25, -0.2) is 0 Å². The van der Waals surface area contributed by atoms with E-state index in [0.717, 1.165) is 29.3 Å². The summed E-state index contributed by atoms with van der Waals surface area (Å²) in [6, 6.07) is 3.96. The summed E-state index contributed by atoms with van der Waals surface area (Å²) in [6.07, 6.45) is 3.14. The Morgan fingerprint density at radius 1 is 1.50 bits per heavy atom. The molecule has 0 amide bonds. The Bertz CT molecular complexity index is 349. The van der Waals surface area contributed by atoms with E-state index in [9.17, 15) is 5.11 Å². The van der Waals surface area contributed by atoms with Crippen LogP contribution in [-0.4, -0.2) is 10.6 Å². The van der Waals surface area contributed by atoms with Crippen molar-refractivity contribution in [3.05, 3.63) is 27.7 Å². The van der Waals surface area contributed by atoms with Crippen LogP contribution in [0.15, 0.2) is 16.6 Å². The van der Waals surface area contributed by atoms with E-state index in [1.54, 1.807) is 0 Å². The van der Waals surface area contributed by atoms with Crippen molar-refractivity contribution in [2.24, 2.45) is 5.73 Å². The van der Waals surface area contributed by atoms with Crippen LogP contribution in [-0.2, 0) is 6.42 Å². The fourth-order valence-electron chi connectivity index (χ4n) is 1.65. The number of hydrogen-bond acceptors (Lipinski definition) is 2. The molecule has 0 heterocycles. The Kier molecular flexibility index (Phi) is 2.32. The molecule has 0 bridgehead atoms. The van der Waals surface area contributed by atoms with Crippen molar-refractivity contribution >= 4 is 15.9 Å². The molecule has 1 fully saturated rings. The zero-order chi connectivity index (χ0) is 10.3. The second-order valence-corrected chi connectivity index (χ2v) is 5.14. The number of halogens is 1. The van der Waals surface area contributed by atoms with Gasteiger partial charge in [0.25, 0.3) is 0 Å². The highest BCUT2D eigenvalue weighted by Crippen LogP contribution is 2.37. The largest absolute Gasteiger partial charge is 0.506 e. The number of aryl methyl sites for hydroxylation is 1. The molecule has 3 heteroatoms. The van der Waals surface area contributed by atoms with Crippen molar-refractivity contribution in [2.75, 3.05) is 0 Å². The minimum atomic E-state index is 0.0306. The minimum absolute atomic E-state index is 0.0306.